The Morgan fingerprint density at radius 3 is 2.70 bits per heavy atom. The van der Waals surface area contributed by atoms with E-state index in [-0.39, 0.29) is 11.7 Å². The summed E-state index contributed by atoms with van der Waals surface area (Å²) in [5, 5.41) is 13.8. The molecule has 168 valence electrons. The molecular weight excluding hydrogens is 499 g/mol. The number of hydrogen-bond donors (Lipinski definition) is 1. The number of hydrogen-bond acceptors (Lipinski definition) is 7. The number of thioether (sulfide) groups is 1. The number of halogens is 2. The number of anilines is 1. The quantitative estimate of drug-likeness (QED) is 0.278. The number of carbonyl (C=O) groups excluding carboxylic acids is 1. The Balaban J connectivity index is 1.43. The van der Waals surface area contributed by atoms with Gasteiger partial charge in [-0.15, -0.1) is 21.5 Å². The van der Waals surface area contributed by atoms with Gasteiger partial charge in [0.1, 0.15) is 21.5 Å². The largest absolute Gasteiger partial charge is 0.496 e. The van der Waals surface area contributed by atoms with Crippen molar-refractivity contribution >= 4 is 57.9 Å². The van der Waals surface area contributed by atoms with Gasteiger partial charge in [0, 0.05) is 5.02 Å². The summed E-state index contributed by atoms with van der Waals surface area (Å²) in [4.78, 5) is 17.9. The molecule has 2 heterocycles. The minimum Gasteiger partial charge on any atom is -0.496 e. The molecule has 6 nitrogen and oxygen atoms in total. The molecule has 2 aromatic carbocycles. The van der Waals surface area contributed by atoms with Crippen molar-refractivity contribution in [3.8, 4) is 26.9 Å². The normalized spacial score (nSPS) is 10.8. The third kappa shape index (κ3) is 5.65. The van der Waals surface area contributed by atoms with E-state index in [4.69, 9.17) is 32.9 Å². The molecule has 0 fully saturated rings. The van der Waals surface area contributed by atoms with Crippen LogP contribution in [0.25, 0.3) is 21.1 Å². The maximum Gasteiger partial charge on any atom is 0.234 e. The molecule has 0 atom stereocenters. The van der Waals surface area contributed by atoms with Crippen LogP contribution in [-0.4, -0.2) is 34.0 Å². The summed E-state index contributed by atoms with van der Waals surface area (Å²) < 4.78 is 5.46. The molecular formula is C23H18Cl2N4O2S2. The zero-order valence-corrected chi connectivity index (χ0v) is 20.8. The summed E-state index contributed by atoms with van der Waals surface area (Å²) in [6, 6.07) is 16.4. The molecule has 0 aliphatic carbocycles. The number of nitrogens with one attached hydrogen (secondary N) is 1. The second-order valence-corrected chi connectivity index (χ2v) is 9.69. The van der Waals surface area contributed by atoms with E-state index in [9.17, 15) is 4.79 Å². The maximum atomic E-state index is 12.3. The Morgan fingerprint density at radius 2 is 1.94 bits per heavy atom. The number of carbonyl (C=O) groups is 1. The van der Waals surface area contributed by atoms with Gasteiger partial charge in [-0.3, -0.25) is 4.79 Å². The Labute approximate surface area is 209 Å². The summed E-state index contributed by atoms with van der Waals surface area (Å²) in [6.07, 6.45) is 0. The molecule has 0 aliphatic heterocycles. The Kier molecular flexibility index (Phi) is 7.49. The number of ether oxygens (including phenoxy) is 1. The van der Waals surface area contributed by atoms with Crippen LogP contribution in [0, 0.1) is 6.92 Å². The number of aryl methyl sites for hydroxylation is 1. The smallest absolute Gasteiger partial charge is 0.234 e. The van der Waals surface area contributed by atoms with Crippen LogP contribution < -0.4 is 10.1 Å². The Bertz CT molecular complexity index is 1300. The van der Waals surface area contributed by atoms with E-state index in [2.05, 4.69) is 15.5 Å². The highest BCUT2D eigenvalue weighted by Gasteiger charge is 2.16. The minimum absolute atomic E-state index is 0.161. The number of aromatic nitrogens is 3. The van der Waals surface area contributed by atoms with E-state index in [0.717, 1.165) is 32.6 Å². The number of benzene rings is 2. The third-order valence-corrected chi connectivity index (χ3v) is 7.26. The van der Waals surface area contributed by atoms with Gasteiger partial charge in [0.25, 0.3) is 0 Å². The summed E-state index contributed by atoms with van der Waals surface area (Å²) >= 11 is 14.9. The molecule has 33 heavy (non-hydrogen) atoms. The standard InChI is InChI=1S/C23H18Cl2N4O2S2/c1-13-22(33-23(26-13)15-5-3-4-6-19(15)31-2)17-9-10-21(29-28-17)32-12-20(30)27-18-11-14(24)7-8-16(18)25/h3-11H,12H2,1-2H3,(H,27,30). The van der Waals surface area contributed by atoms with Gasteiger partial charge in [0.15, 0.2) is 0 Å². The molecule has 0 unspecified atom stereocenters. The third-order valence-electron chi connectivity index (χ3n) is 4.56. The van der Waals surface area contributed by atoms with Crippen molar-refractivity contribution < 1.29 is 9.53 Å². The Morgan fingerprint density at radius 1 is 1.12 bits per heavy atom. The maximum absolute atomic E-state index is 12.3. The lowest BCUT2D eigenvalue weighted by molar-refractivity contribution is -0.113. The predicted molar refractivity (Wildman–Crippen MR) is 136 cm³/mol. The number of methoxy groups -OCH3 is 1. The van der Waals surface area contributed by atoms with Crippen molar-refractivity contribution in [1.29, 1.82) is 0 Å². The summed E-state index contributed by atoms with van der Waals surface area (Å²) in [5.41, 5.74) is 3.01. The van der Waals surface area contributed by atoms with Crippen LogP contribution in [0.1, 0.15) is 5.69 Å². The molecule has 1 N–H and O–H groups in total. The fourth-order valence-corrected chi connectivity index (χ4v) is 5.02. The van der Waals surface area contributed by atoms with Gasteiger partial charge in [-0.25, -0.2) is 4.98 Å². The first-order valence-corrected chi connectivity index (χ1v) is 12.3. The van der Waals surface area contributed by atoms with Gasteiger partial charge in [0.05, 0.1) is 39.7 Å². The highest BCUT2D eigenvalue weighted by atomic mass is 35.5. The topological polar surface area (TPSA) is 77.0 Å². The predicted octanol–water partition coefficient (Wildman–Crippen LogP) is 6.62. The second kappa shape index (κ2) is 10.5. The van der Waals surface area contributed by atoms with Gasteiger partial charge in [-0.2, -0.15) is 0 Å². The first-order valence-electron chi connectivity index (χ1n) is 9.77. The molecule has 1 amide bonds. The van der Waals surface area contributed by atoms with Crippen molar-refractivity contribution in [2.45, 2.75) is 11.9 Å². The lowest BCUT2D eigenvalue weighted by Gasteiger charge is -2.07. The molecule has 10 heteroatoms. The van der Waals surface area contributed by atoms with E-state index in [1.807, 2.05) is 43.3 Å². The van der Waals surface area contributed by atoms with E-state index < -0.39 is 0 Å². The zero-order chi connectivity index (χ0) is 23.4. The molecule has 4 aromatic rings. The van der Waals surface area contributed by atoms with Crippen LogP contribution >= 0.6 is 46.3 Å². The van der Waals surface area contributed by atoms with E-state index >= 15 is 0 Å². The van der Waals surface area contributed by atoms with Crippen LogP contribution in [0.3, 0.4) is 0 Å². The summed E-state index contributed by atoms with van der Waals surface area (Å²) in [7, 11) is 1.64. The molecule has 2 aromatic heterocycles. The van der Waals surface area contributed by atoms with Crippen molar-refractivity contribution in [2.24, 2.45) is 0 Å². The van der Waals surface area contributed by atoms with Crippen LogP contribution in [0.15, 0.2) is 59.6 Å². The summed E-state index contributed by atoms with van der Waals surface area (Å²) in [5.74, 6) is 0.719. The Hall–Kier alpha value is -2.65. The molecule has 0 bridgehead atoms. The van der Waals surface area contributed by atoms with E-state index in [1.54, 1.807) is 25.3 Å². The van der Waals surface area contributed by atoms with Gasteiger partial charge in [-0.05, 0) is 49.4 Å². The number of thiazole rings is 1. The monoisotopic (exact) mass is 516 g/mol. The number of rotatable bonds is 7. The number of para-hydroxylation sites is 1. The SMILES string of the molecule is COc1ccccc1-c1nc(C)c(-c2ccc(SCC(=O)Nc3cc(Cl)ccc3Cl)nn2)s1. The molecule has 0 aliphatic rings. The van der Waals surface area contributed by atoms with Crippen LogP contribution in [0.2, 0.25) is 10.0 Å². The lowest BCUT2D eigenvalue weighted by Crippen LogP contribution is -2.14. The average Bonchev–Trinajstić information content (AvgIpc) is 3.21. The second-order valence-electron chi connectivity index (χ2n) is 6.85. The van der Waals surface area contributed by atoms with E-state index in [0.29, 0.717) is 20.8 Å². The van der Waals surface area contributed by atoms with Crippen LogP contribution in [0.5, 0.6) is 5.75 Å². The van der Waals surface area contributed by atoms with Gasteiger partial charge in [0.2, 0.25) is 5.91 Å². The molecule has 4 rings (SSSR count). The molecule has 0 saturated carbocycles. The molecule has 0 spiro atoms. The van der Waals surface area contributed by atoms with Crippen molar-refractivity contribution in [3.63, 3.8) is 0 Å². The average molecular weight is 517 g/mol. The first-order chi connectivity index (χ1) is 15.9. The molecule has 0 radical (unpaired) electrons. The zero-order valence-electron chi connectivity index (χ0n) is 17.6. The van der Waals surface area contributed by atoms with Crippen LogP contribution in [0.4, 0.5) is 5.69 Å². The number of nitrogens with zero attached hydrogens (tertiary/aromatic N) is 3. The van der Waals surface area contributed by atoms with Gasteiger partial charge < -0.3 is 10.1 Å². The first kappa shape index (κ1) is 23.5. The van der Waals surface area contributed by atoms with Crippen molar-refractivity contribution in [3.05, 3.63) is 70.3 Å². The highest BCUT2D eigenvalue weighted by molar-refractivity contribution is 7.99. The fourth-order valence-electron chi connectivity index (χ4n) is 3.01. The minimum atomic E-state index is -0.213. The van der Waals surface area contributed by atoms with Gasteiger partial charge >= 0.3 is 0 Å². The molecule has 0 saturated heterocycles. The lowest BCUT2D eigenvalue weighted by atomic mass is 10.2. The van der Waals surface area contributed by atoms with Gasteiger partial charge in [-0.1, -0.05) is 47.1 Å². The van der Waals surface area contributed by atoms with Crippen molar-refractivity contribution in [1.82, 2.24) is 15.2 Å². The van der Waals surface area contributed by atoms with E-state index in [1.165, 1.54) is 23.1 Å². The fraction of sp³-hybridized carbons (Fsp3) is 0.130. The van der Waals surface area contributed by atoms with Crippen LogP contribution in [-0.2, 0) is 4.79 Å². The van der Waals surface area contributed by atoms with Crippen molar-refractivity contribution in [2.75, 3.05) is 18.2 Å². The summed E-state index contributed by atoms with van der Waals surface area (Å²) in [6.45, 7) is 1.94. The highest BCUT2D eigenvalue weighted by Crippen LogP contribution is 2.38. The number of amides is 1.